The Bertz CT molecular complexity index is 412. The van der Waals surface area contributed by atoms with Gasteiger partial charge in [0.2, 0.25) is 0 Å². The van der Waals surface area contributed by atoms with Crippen LogP contribution in [0, 0.1) is 0 Å². The summed E-state index contributed by atoms with van der Waals surface area (Å²) in [6.07, 6.45) is 1.67. The zero-order valence-electron chi connectivity index (χ0n) is 10.5. The molecule has 1 aromatic carbocycles. The minimum Gasteiger partial charge on any atom is -0.496 e. The third-order valence-corrected chi connectivity index (χ3v) is 3.61. The van der Waals surface area contributed by atoms with Crippen LogP contribution >= 0.6 is 27.5 Å². The first kappa shape index (κ1) is 15.3. The number of amides is 1. The first-order valence-electron chi connectivity index (χ1n) is 5.84. The molecule has 5 heteroatoms. The topological polar surface area (TPSA) is 38.3 Å². The van der Waals surface area contributed by atoms with E-state index in [1.54, 1.807) is 19.2 Å². The highest BCUT2D eigenvalue weighted by atomic mass is 79.9. The SMILES string of the molecule is CCC(Cl)CCNC(=O)c1ccc(Br)cc1OC. The van der Waals surface area contributed by atoms with Gasteiger partial charge in [0.05, 0.1) is 12.7 Å². The lowest BCUT2D eigenvalue weighted by atomic mass is 10.2. The van der Waals surface area contributed by atoms with Crippen molar-refractivity contribution < 1.29 is 9.53 Å². The predicted molar refractivity (Wildman–Crippen MR) is 77.6 cm³/mol. The van der Waals surface area contributed by atoms with Crippen LogP contribution in [0.5, 0.6) is 5.75 Å². The molecule has 1 N–H and O–H groups in total. The van der Waals surface area contributed by atoms with Crippen LogP contribution in [0.3, 0.4) is 0 Å². The van der Waals surface area contributed by atoms with Crippen LogP contribution in [-0.4, -0.2) is 24.9 Å². The quantitative estimate of drug-likeness (QED) is 0.807. The van der Waals surface area contributed by atoms with Crippen molar-refractivity contribution in [2.75, 3.05) is 13.7 Å². The summed E-state index contributed by atoms with van der Waals surface area (Å²) < 4.78 is 6.06. The minimum atomic E-state index is -0.140. The number of carbonyl (C=O) groups excluding carboxylic acids is 1. The number of rotatable bonds is 6. The second-order valence-corrected chi connectivity index (χ2v) is 5.43. The van der Waals surface area contributed by atoms with Crippen molar-refractivity contribution in [3.63, 3.8) is 0 Å². The molecule has 18 heavy (non-hydrogen) atoms. The van der Waals surface area contributed by atoms with Crippen LogP contribution < -0.4 is 10.1 Å². The van der Waals surface area contributed by atoms with Gasteiger partial charge in [0.25, 0.3) is 5.91 Å². The summed E-state index contributed by atoms with van der Waals surface area (Å²) in [6.45, 7) is 2.59. The number of hydrogen-bond donors (Lipinski definition) is 1. The molecule has 0 aliphatic heterocycles. The van der Waals surface area contributed by atoms with Crippen molar-refractivity contribution in [1.29, 1.82) is 0 Å². The standard InChI is InChI=1S/C13H17BrClNO2/c1-3-10(15)6-7-16-13(17)11-5-4-9(14)8-12(11)18-2/h4-5,8,10H,3,6-7H2,1-2H3,(H,16,17). The number of alkyl halides is 1. The van der Waals surface area contributed by atoms with Crippen molar-refractivity contribution in [3.8, 4) is 5.75 Å². The van der Waals surface area contributed by atoms with E-state index in [4.69, 9.17) is 16.3 Å². The summed E-state index contributed by atoms with van der Waals surface area (Å²) in [5, 5.41) is 2.95. The molecule has 0 fully saturated rings. The fraction of sp³-hybridized carbons (Fsp3) is 0.462. The first-order valence-corrected chi connectivity index (χ1v) is 7.07. The second kappa shape index (κ2) is 7.64. The van der Waals surface area contributed by atoms with Gasteiger partial charge in [-0.3, -0.25) is 4.79 Å². The van der Waals surface area contributed by atoms with Gasteiger partial charge in [-0.1, -0.05) is 22.9 Å². The number of nitrogens with one attached hydrogen (secondary N) is 1. The third kappa shape index (κ3) is 4.50. The Morgan fingerprint density at radius 1 is 1.56 bits per heavy atom. The van der Waals surface area contributed by atoms with Crippen LogP contribution in [0.4, 0.5) is 0 Å². The van der Waals surface area contributed by atoms with E-state index >= 15 is 0 Å². The average Bonchev–Trinajstić information content (AvgIpc) is 2.37. The lowest BCUT2D eigenvalue weighted by Crippen LogP contribution is -2.26. The fourth-order valence-corrected chi connectivity index (χ4v) is 1.94. The highest BCUT2D eigenvalue weighted by Gasteiger charge is 2.12. The molecule has 0 saturated carbocycles. The normalized spacial score (nSPS) is 12.0. The maximum atomic E-state index is 12.0. The zero-order valence-corrected chi connectivity index (χ0v) is 12.8. The number of ether oxygens (including phenoxy) is 1. The highest BCUT2D eigenvalue weighted by molar-refractivity contribution is 9.10. The zero-order chi connectivity index (χ0) is 13.5. The molecule has 0 saturated heterocycles. The molecular formula is C13H17BrClNO2. The van der Waals surface area contributed by atoms with Crippen LogP contribution in [0.25, 0.3) is 0 Å². The Labute approximate surface area is 121 Å². The Kier molecular flexibility index (Phi) is 6.50. The second-order valence-electron chi connectivity index (χ2n) is 3.89. The van der Waals surface area contributed by atoms with Crippen LogP contribution in [0.15, 0.2) is 22.7 Å². The Balaban J connectivity index is 2.61. The molecular weight excluding hydrogens is 318 g/mol. The fourth-order valence-electron chi connectivity index (χ4n) is 1.49. The van der Waals surface area contributed by atoms with Gasteiger partial charge in [0, 0.05) is 16.4 Å². The van der Waals surface area contributed by atoms with E-state index in [0.717, 1.165) is 17.3 Å². The number of benzene rings is 1. The van der Waals surface area contributed by atoms with Crippen LogP contribution in [-0.2, 0) is 0 Å². The van der Waals surface area contributed by atoms with Crippen molar-refractivity contribution in [1.82, 2.24) is 5.32 Å². The van der Waals surface area contributed by atoms with E-state index < -0.39 is 0 Å². The van der Waals surface area contributed by atoms with E-state index in [-0.39, 0.29) is 11.3 Å². The van der Waals surface area contributed by atoms with E-state index in [9.17, 15) is 4.79 Å². The van der Waals surface area contributed by atoms with Gasteiger partial charge in [-0.2, -0.15) is 0 Å². The van der Waals surface area contributed by atoms with Crippen molar-refractivity contribution in [2.45, 2.75) is 25.1 Å². The van der Waals surface area contributed by atoms with Crippen molar-refractivity contribution in [2.24, 2.45) is 0 Å². The van der Waals surface area contributed by atoms with Gasteiger partial charge in [-0.15, -0.1) is 11.6 Å². The molecule has 1 amide bonds. The van der Waals surface area contributed by atoms with E-state index in [2.05, 4.69) is 21.2 Å². The summed E-state index contributed by atoms with van der Waals surface area (Å²) in [5.74, 6) is 0.416. The van der Waals surface area contributed by atoms with Crippen LogP contribution in [0.1, 0.15) is 30.1 Å². The molecule has 0 bridgehead atoms. The Morgan fingerprint density at radius 2 is 2.28 bits per heavy atom. The molecule has 100 valence electrons. The van der Waals surface area contributed by atoms with Gasteiger partial charge in [-0.25, -0.2) is 0 Å². The molecule has 1 unspecified atom stereocenters. The summed E-state index contributed by atoms with van der Waals surface area (Å²) in [7, 11) is 1.55. The molecule has 0 aliphatic rings. The molecule has 1 rings (SSSR count). The highest BCUT2D eigenvalue weighted by Crippen LogP contribution is 2.23. The molecule has 0 spiro atoms. The molecule has 1 aromatic rings. The Hall–Kier alpha value is -0.740. The lowest BCUT2D eigenvalue weighted by Gasteiger charge is -2.11. The molecule has 0 aromatic heterocycles. The summed E-state index contributed by atoms with van der Waals surface area (Å²) in [4.78, 5) is 12.0. The summed E-state index contributed by atoms with van der Waals surface area (Å²) >= 11 is 9.33. The molecule has 0 aliphatic carbocycles. The largest absolute Gasteiger partial charge is 0.496 e. The van der Waals surface area contributed by atoms with Crippen molar-refractivity contribution in [3.05, 3.63) is 28.2 Å². The maximum Gasteiger partial charge on any atom is 0.255 e. The van der Waals surface area contributed by atoms with Gasteiger partial charge >= 0.3 is 0 Å². The van der Waals surface area contributed by atoms with Crippen LogP contribution in [0.2, 0.25) is 0 Å². The van der Waals surface area contributed by atoms with Gasteiger partial charge < -0.3 is 10.1 Å². The number of carbonyl (C=O) groups is 1. The van der Waals surface area contributed by atoms with Gasteiger partial charge in [-0.05, 0) is 31.0 Å². The first-order chi connectivity index (χ1) is 8.58. The van der Waals surface area contributed by atoms with E-state index in [1.807, 2.05) is 13.0 Å². The third-order valence-electron chi connectivity index (χ3n) is 2.59. The smallest absolute Gasteiger partial charge is 0.255 e. The minimum absolute atomic E-state index is 0.108. The maximum absolute atomic E-state index is 12.0. The van der Waals surface area contributed by atoms with Gasteiger partial charge in [0.1, 0.15) is 5.75 Å². The average molecular weight is 335 g/mol. The lowest BCUT2D eigenvalue weighted by molar-refractivity contribution is 0.0950. The van der Waals surface area contributed by atoms with Crippen molar-refractivity contribution >= 4 is 33.4 Å². The summed E-state index contributed by atoms with van der Waals surface area (Å²) in [5.41, 5.74) is 0.531. The van der Waals surface area contributed by atoms with Gasteiger partial charge in [0.15, 0.2) is 0 Å². The number of halogens is 2. The molecule has 3 nitrogen and oxygen atoms in total. The molecule has 0 heterocycles. The monoisotopic (exact) mass is 333 g/mol. The molecule has 1 atom stereocenters. The van der Waals surface area contributed by atoms with E-state index in [0.29, 0.717) is 17.9 Å². The number of hydrogen-bond acceptors (Lipinski definition) is 2. The number of methoxy groups -OCH3 is 1. The molecule has 0 radical (unpaired) electrons. The van der Waals surface area contributed by atoms with E-state index in [1.165, 1.54) is 0 Å². The Morgan fingerprint density at radius 3 is 2.89 bits per heavy atom. The predicted octanol–water partition coefficient (Wildman–Crippen LogP) is 3.60. The summed E-state index contributed by atoms with van der Waals surface area (Å²) in [6, 6.07) is 5.31.